The Bertz CT molecular complexity index is 1220. The van der Waals surface area contributed by atoms with E-state index >= 15 is 0 Å². The second-order valence-corrected chi connectivity index (χ2v) is 11.6. The van der Waals surface area contributed by atoms with E-state index in [1.54, 1.807) is 12.4 Å². The monoisotopic (exact) mass is 488 g/mol. The van der Waals surface area contributed by atoms with E-state index in [1.165, 1.54) is 4.90 Å². The molecule has 3 amide bonds. The Kier molecular flexibility index (Phi) is 6.00. The molecular weight excluding hydrogens is 460 g/mol. The molecule has 2 aromatic heterocycles. The first kappa shape index (κ1) is 22.8. The van der Waals surface area contributed by atoms with Gasteiger partial charge in [0.2, 0.25) is 11.8 Å². The zero-order valence-corrected chi connectivity index (χ0v) is 19.6. The lowest BCUT2D eigenvalue weighted by atomic mass is 10.1. The van der Waals surface area contributed by atoms with Crippen LogP contribution in [0.2, 0.25) is 0 Å². The molecule has 3 fully saturated rings. The van der Waals surface area contributed by atoms with E-state index in [0.29, 0.717) is 22.6 Å². The Morgan fingerprint density at radius 1 is 1.15 bits per heavy atom. The summed E-state index contributed by atoms with van der Waals surface area (Å²) in [5.41, 5.74) is 2.28. The summed E-state index contributed by atoms with van der Waals surface area (Å²) in [5.74, 6) is -0.482. The van der Waals surface area contributed by atoms with Gasteiger partial charge in [-0.2, -0.15) is 0 Å². The van der Waals surface area contributed by atoms with Gasteiger partial charge < -0.3 is 20.5 Å². The number of aromatic amines is 1. The van der Waals surface area contributed by atoms with E-state index in [2.05, 4.69) is 25.6 Å². The summed E-state index contributed by atoms with van der Waals surface area (Å²) in [6.45, 7) is 0.501. The molecule has 2 aliphatic carbocycles. The average molecular weight is 489 g/mol. The Morgan fingerprint density at radius 2 is 1.88 bits per heavy atom. The van der Waals surface area contributed by atoms with Gasteiger partial charge in [-0.3, -0.25) is 14.4 Å². The second-order valence-electron chi connectivity index (χ2n) is 9.33. The minimum atomic E-state index is -3.06. The van der Waals surface area contributed by atoms with Crippen LogP contribution in [0.5, 0.6) is 0 Å². The number of amides is 3. The predicted octanol–water partition coefficient (Wildman–Crippen LogP) is 0.107. The molecular formula is C22H28N6O5S. The highest BCUT2D eigenvalue weighted by atomic mass is 32.2. The second kappa shape index (κ2) is 8.97. The van der Waals surface area contributed by atoms with Crippen LogP contribution in [0.3, 0.4) is 0 Å². The van der Waals surface area contributed by atoms with Crippen LogP contribution in [-0.2, 0) is 19.4 Å². The van der Waals surface area contributed by atoms with Crippen molar-refractivity contribution in [2.24, 2.45) is 5.92 Å². The third kappa shape index (κ3) is 5.06. The zero-order valence-electron chi connectivity index (χ0n) is 18.7. The van der Waals surface area contributed by atoms with Gasteiger partial charge >= 0.3 is 0 Å². The highest BCUT2D eigenvalue weighted by Crippen LogP contribution is 2.39. The molecule has 1 atom stereocenters. The summed E-state index contributed by atoms with van der Waals surface area (Å²) in [7, 11) is -3.06. The van der Waals surface area contributed by atoms with Crippen molar-refractivity contribution < 1.29 is 22.8 Å². The van der Waals surface area contributed by atoms with Gasteiger partial charge in [0, 0.05) is 38.2 Å². The third-order valence-corrected chi connectivity index (χ3v) is 8.25. The first-order valence-corrected chi connectivity index (χ1v) is 13.5. The topological polar surface area (TPSA) is 154 Å². The maximum Gasteiger partial charge on any atom is 0.255 e. The number of sulfone groups is 1. The molecule has 1 aliphatic heterocycles. The molecule has 2 aromatic rings. The first-order valence-electron chi connectivity index (χ1n) is 11.7. The Balaban J connectivity index is 1.17. The lowest BCUT2D eigenvalue weighted by Gasteiger charge is -2.27. The van der Waals surface area contributed by atoms with Crippen molar-refractivity contribution in [3.8, 4) is 0 Å². The molecule has 0 unspecified atom stereocenters. The molecule has 5 rings (SSSR count). The van der Waals surface area contributed by atoms with E-state index < -0.39 is 15.9 Å². The number of fused-ring (bicyclic) bond motifs is 1. The van der Waals surface area contributed by atoms with Crippen molar-refractivity contribution >= 4 is 38.7 Å². The Hall–Kier alpha value is -3.02. The van der Waals surface area contributed by atoms with Crippen LogP contribution in [-0.4, -0.2) is 83.2 Å². The van der Waals surface area contributed by atoms with Crippen molar-refractivity contribution in [2.75, 3.05) is 31.1 Å². The van der Waals surface area contributed by atoms with Crippen molar-refractivity contribution in [1.29, 1.82) is 0 Å². The molecule has 1 saturated heterocycles. The standard InChI is InChI=1S/C22H28N6O5S/c29-17(28-7-9-34(32,33)10-8-28)5-6-23-22(31)18(14-3-4-14)27-21(30)15-11-24-20-19(15)26-16(12-25-20)13-1-2-13/h11-14,18H,1-10H2,(H,23,31)(H,24,25)(H,27,30)/t18-/m1/s1. The van der Waals surface area contributed by atoms with Crippen LogP contribution in [0, 0.1) is 5.92 Å². The molecule has 182 valence electrons. The number of nitrogens with one attached hydrogen (secondary N) is 3. The van der Waals surface area contributed by atoms with E-state index in [0.717, 1.165) is 31.4 Å². The summed E-state index contributed by atoms with van der Waals surface area (Å²) >= 11 is 0. The van der Waals surface area contributed by atoms with Crippen LogP contribution in [0.15, 0.2) is 12.4 Å². The molecule has 2 saturated carbocycles. The van der Waals surface area contributed by atoms with Gasteiger partial charge in [0.1, 0.15) is 11.6 Å². The largest absolute Gasteiger partial charge is 0.354 e. The maximum absolute atomic E-state index is 13.0. The smallest absolute Gasteiger partial charge is 0.255 e. The van der Waals surface area contributed by atoms with Gasteiger partial charge in [-0.25, -0.2) is 18.4 Å². The van der Waals surface area contributed by atoms with Gasteiger partial charge in [0.15, 0.2) is 15.5 Å². The summed E-state index contributed by atoms with van der Waals surface area (Å²) in [6, 6.07) is -0.688. The number of nitrogens with zero attached hydrogens (tertiary/aromatic N) is 3. The number of carbonyl (C=O) groups is 3. The molecule has 0 radical (unpaired) electrons. The third-order valence-electron chi connectivity index (χ3n) is 6.64. The molecule has 12 heteroatoms. The van der Waals surface area contributed by atoms with Crippen molar-refractivity contribution in [3.05, 3.63) is 23.7 Å². The fourth-order valence-electron chi connectivity index (χ4n) is 4.22. The summed E-state index contributed by atoms with van der Waals surface area (Å²) in [5, 5.41) is 5.60. The Labute approximate surface area is 197 Å². The minimum Gasteiger partial charge on any atom is -0.354 e. The van der Waals surface area contributed by atoms with Gasteiger partial charge in [-0.15, -0.1) is 0 Å². The van der Waals surface area contributed by atoms with E-state index in [-0.39, 0.29) is 61.2 Å². The maximum atomic E-state index is 13.0. The van der Waals surface area contributed by atoms with Gasteiger partial charge in [-0.05, 0) is 31.6 Å². The van der Waals surface area contributed by atoms with E-state index in [4.69, 9.17) is 0 Å². The lowest BCUT2D eigenvalue weighted by molar-refractivity contribution is -0.131. The molecule has 0 spiro atoms. The average Bonchev–Trinajstić information content (AvgIpc) is 3.74. The lowest BCUT2D eigenvalue weighted by Crippen LogP contribution is -2.49. The number of hydrogen-bond donors (Lipinski definition) is 3. The van der Waals surface area contributed by atoms with Crippen molar-refractivity contribution in [3.63, 3.8) is 0 Å². The Morgan fingerprint density at radius 3 is 2.56 bits per heavy atom. The van der Waals surface area contributed by atoms with Crippen LogP contribution < -0.4 is 10.6 Å². The fraction of sp³-hybridized carbons (Fsp3) is 0.591. The highest BCUT2D eigenvalue weighted by molar-refractivity contribution is 7.91. The van der Waals surface area contributed by atoms with Crippen molar-refractivity contribution in [2.45, 2.75) is 44.1 Å². The van der Waals surface area contributed by atoms with Gasteiger partial charge in [-0.1, -0.05) is 0 Å². The van der Waals surface area contributed by atoms with Gasteiger partial charge in [0.05, 0.1) is 29.0 Å². The molecule has 3 aliphatic rings. The molecule has 34 heavy (non-hydrogen) atoms. The molecule has 11 nitrogen and oxygen atoms in total. The van der Waals surface area contributed by atoms with E-state index in [1.807, 2.05) is 0 Å². The van der Waals surface area contributed by atoms with Crippen molar-refractivity contribution in [1.82, 2.24) is 30.5 Å². The summed E-state index contributed by atoms with van der Waals surface area (Å²) in [4.78, 5) is 51.6. The molecule has 3 heterocycles. The fourth-order valence-corrected chi connectivity index (χ4v) is 5.42. The SMILES string of the molecule is O=C(N[C@@H](C(=O)NCCC(=O)N1CCS(=O)(=O)CC1)C1CC1)c1c[nH]c2ncc(C3CC3)nc12. The summed E-state index contributed by atoms with van der Waals surface area (Å²) < 4.78 is 23.0. The first-order chi connectivity index (χ1) is 16.3. The summed E-state index contributed by atoms with van der Waals surface area (Å²) in [6.07, 6.45) is 7.24. The van der Waals surface area contributed by atoms with Crippen LogP contribution in [0.4, 0.5) is 0 Å². The number of aromatic nitrogens is 3. The minimum absolute atomic E-state index is 0.0265. The number of rotatable bonds is 8. The number of hydrogen-bond acceptors (Lipinski definition) is 7. The number of carbonyl (C=O) groups excluding carboxylic acids is 3. The van der Waals surface area contributed by atoms with Gasteiger partial charge in [0.25, 0.3) is 5.91 Å². The zero-order chi connectivity index (χ0) is 23.9. The normalized spacial score (nSPS) is 20.6. The molecule has 0 bridgehead atoms. The van der Waals surface area contributed by atoms with Crippen LogP contribution in [0.1, 0.15) is 54.1 Å². The molecule has 0 aromatic carbocycles. The highest BCUT2D eigenvalue weighted by Gasteiger charge is 2.38. The molecule has 3 N–H and O–H groups in total. The quantitative estimate of drug-likeness (QED) is 0.476. The predicted molar refractivity (Wildman–Crippen MR) is 123 cm³/mol. The van der Waals surface area contributed by atoms with Crippen LogP contribution >= 0.6 is 0 Å². The number of H-pyrrole nitrogens is 1. The van der Waals surface area contributed by atoms with E-state index in [9.17, 15) is 22.8 Å². The van der Waals surface area contributed by atoms with Crippen LogP contribution in [0.25, 0.3) is 11.2 Å².